The lowest BCUT2D eigenvalue weighted by atomic mass is 9.84. The van der Waals surface area contributed by atoms with Crippen LogP contribution in [-0.2, 0) is 16.0 Å². The van der Waals surface area contributed by atoms with E-state index in [4.69, 9.17) is 9.47 Å². The molecule has 5 rings (SSSR count). The summed E-state index contributed by atoms with van der Waals surface area (Å²) in [6.45, 7) is 3.21. The van der Waals surface area contributed by atoms with Gasteiger partial charge in [-0.05, 0) is 23.1 Å². The Bertz CT molecular complexity index is 921. The first-order valence-corrected chi connectivity index (χ1v) is 11.0. The van der Waals surface area contributed by atoms with Gasteiger partial charge in [0, 0.05) is 25.4 Å². The Hall–Kier alpha value is -2.46. The minimum Gasteiger partial charge on any atom is -0.347 e. The van der Waals surface area contributed by atoms with Crippen molar-refractivity contribution >= 4 is 0 Å². The van der Waals surface area contributed by atoms with Crippen molar-refractivity contribution in [1.82, 2.24) is 4.90 Å². The zero-order chi connectivity index (χ0) is 20.2. The van der Waals surface area contributed by atoms with Gasteiger partial charge in [0.2, 0.25) is 0 Å². The van der Waals surface area contributed by atoms with Crippen molar-refractivity contribution in [3.63, 3.8) is 0 Å². The first-order valence-electron chi connectivity index (χ1n) is 11.0. The van der Waals surface area contributed by atoms with Crippen molar-refractivity contribution in [2.75, 3.05) is 19.8 Å². The molecule has 0 radical (unpaired) electrons. The van der Waals surface area contributed by atoms with Gasteiger partial charge in [-0.3, -0.25) is 4.90 Å². The van der Waals surface area contributed by atoms with Crippen LogP contribution in [0.3, 0.4) is 0 Å². The molecule has 3 heteroatoms. The first-order chi connectivity index (χ1) is 14.8. The highest BCUT2D eigenvalue weighted by molar-refractivity contribution is 5.25. The van der Waals surface area contributed by atoms with E-state index in [1.54, 1.807) is 0 Å². The lowest BCUT2D eigenvalue weighted by molar-refractivity contribution is -0.314. The molecule has 2 aliphatic rings. The third kappa shape index (κ3) is 3.93. The minimum absolute atomic E-state index is 0.0874. The second-order valence-electron chi connectivity index (χ2n) is 8.39. The van der Waals surface area contributed by atoms with Gasteiger partial charge in [-0.15, -0.1) is 0 Å². The maximum absolute atomic E-state index is 6.64. The molecule has 2 aliphatic heterocycles. The third-order valence-corrected chi connectivity index (χ3v) is 6.49. The summed E-state index contributed by atoms with van der Waals surface area (Å²) in [6.07, 6.45) is 1.98. The summed E-state index contributed by atoms with van der Waals surface area (Å²) in [6, 6.07) is 32.3. The van der Waals surface area contributed by atoms with E-state index < -0.39 is 5.79 Å². The maximum Gasteiger partial charge on any atom is 0.188 e. The highest BCUT2D eigenvalue weighted by Gasteiger charge is 2.50. The summed E-state index contributed by atoms with van der Waals surface area (Å²) < 4.78 is 13.1. The Morgan fingerprint density at radius 1 is 0.767 bits per heavy atom. The Balaban J connectivity index is 1.43. The number of morpholine rings is 1. The summed E-state index contributed by atoms with van der Waals surface area (Å²) in [5, 5.41) is 0. The van der Waals surface area contributed by atoms with Crippen molar-refractivity contribution in [2.24, 2.45) is 0 Å². The van der Waals surface area contributed by atoms with Crippen LogP contribution >= 0.6 is 0 Å². The van der Waals surface area contributed by atoms with Crippen LogP contribution < -0.4 is 0 Å². The molecule has 0 amide bonds. The minimum atomic E-state index is -0.584. The summed E-state index contributed by atoms with van der Waals surface area (Å²) >= 11 is 0. The molecule has 0 saturated carbocycles. The van der Waals surface area contributed by atoms with Crippen LogP contribution in [0.5, 0.6) is 0 Å². The van der Waals surface area contributed by atoms with Gasteiger partial charge in [-0.25, -0.2) is 0 Å². The summed E-state index contributed by atoms with van der Waals surface area (Å²) in [7, 11) is 0. The number of benzene rings is 3. The summed E-state index contributed by atoms with van der Waals surface area (Å²) in [4.78, 5) is 2.54. The van der Waals surface area contributed by atoms with Crippen molar-refractivity contribution in [1.29, 1.82) is 0 Å². The fourth-order valence-electron chi connectivity index (χ4n) is 5.00. The topological polar surface area (TPSA) is 21.7 Å². The molecule has 3 aromatic rings. The number of hydrogen-bond acceptors (Lipinski definition) is 3. The number of hydrogen-bond donors (Lipinski definition) is 0. The molecule has 3 atom stereocenters. The molecular weight excluding hydrogens is 370 g/mol. The smallest absolute Gasteiger partial charge is 0.188 e. The molecule has 1 spiro atoms. The number of nitrogens with zero attached hydrogens (tertiary/aromatic N) is 1. The molecule has 0 N–H and O–H groups in total. The predicted octanol–water partition coefficient (Wildman–Crippen LogP) is 5.55. The van der Waals surface area contributed by atoms with Crippen LogP contribution in [0.2, 0.25) is 0 Å². The van der Waals surface area contributed by atoms with E-state index in [1.165, 1.54) is 16.7 Å². The Morgan fingerprint density at radius 2 is 1.40 bits per heavy atom. The van der Waals surface area contributed by atoms with E-state index in [0.29, 0.717) is 19.1 Å². The van der Waals surface area contributed by atoms with Crippen molar-refractivity contribution in [3.8, 4) is 0 Å². The molecule has 0 aliphatic carbocycles. The Kier molecular flexibility index (Phi) is 5.67. The van der Waals surface area contributed by atoms with E-state index in [0.717, 1.165) is 25.9 Å². The van der Waals surface area contributed by atoms with Crippen LogP contribution in [0.25, 0.3) is 0 Å². The van der Waals surface area contributed by atoms with E-state index in [1.807, 2.05) is 0 Å². The first kappa shape index (κ1) is 19.5. The Morgan fingerprint density at radius 3 is 2.03 bits per heavy atom. The second-order valence-corrected chi connectivity index (χ2v) is 8.39. The normalized spacial score (nSPS) is 27.2. The molecule has 3 nitrogen and oxygen atoms in total. The molecule has 2 heterocycles. The van der Waals surface area contributed by atoms with Crippen LogP contribution in [0.1, 0.15) is 41.5 Å². The van der Waals surface area contributed by atoms with Crippen molar-refractivity contribution in [3.05, 3.63) is 108 Å². The summed E-state index contributed by atoms with van der Waals surface area (Å²) in [5.41, 5.74) is 3.96. The quantitative estimate of drug-likeness (QED) is 0.574. The molecule has 30 heavy (non-hydrogen) atoms. The zero-order valence-electron chi connectivity index (χ0n) is 17.3. The highest BCUT2D eigenvalue weighted by Crippen LogP contribution is 2.47. The third-order valence-electron chi connectivity index (χ3n) is 6.49. The van der Waals surface area contributed by atoms with Crippen LogP contribution in [0.4, 0.5) is 0 Å². The van der Waals surface area contributed by atoms with Crippen molar-refractivity contribution < 1.29 is 9.47 Å². The van der Waals surface area contributed by atoms with Gasteiger partial charge in [0.1, 0.15) is 0 Å². The fourth-order valence-corrected chi connectivity index (χ4v) is 5.00. The summed E-state index contributed by atoms with van der Waals surface area (Å²) in [5.74, 6) is -0.152. The molecule has 2 saturated heterocycles. The number of ether oxygens (including phenoxy) is 2. The zero-order valence-corrected chi connectivity index (χ0v) is 17.3. The standard InChI is InChI=1S/C27H29NO2/c1-4-10-22(11-5-1)20-28-18-19-29-27(26(28)24-14-8-3-9-15-24)17-16-25(21-30-27)23-12-6-2-7-13-23/h1-15,25-26H,16-21H2/t25-,26-,27-/m0/s1. The van der Waals surface area contributed by atoms with Crippen LogP contribution in [0, 0.1) is 0 Å². The fraction of sp³-hybridized carbons (Fsp3) is 0.333. The van der Waals surface area contributed by atoms with Crippen LogP contribution in [0.15, 0.2) is 91.0 Å². The van der Waals surface area contributed by atoms with Gasteiger partial charge >= 0.3 is 0 Å². The number of rotatable bonds is 4. The van der Waals surface area contributed by atoms with E-state index in [-0.39, 0.29) is 6.04 Å². The van der Waals surface area contributed by atoms with E-state index in [2.05, 4.69) is 95.9 Å². The van der Waals surface area contributed by atoms with Gasteiger partial charge in [0.15, 0.2) is 5.79 Å². The van der Waals surface area contributed by atoms with E-state index in [9.17, 15) is 0 Å². The van der Waals surface area contributed by atoms with Gasteiger partial charge in [-0.1, -0.05) is 91.0 Å². The molecule has 3 aromatic carbocycles. The van der Waals surface area contributed by atoms with Gasteiger partial charge in [0.05, 0.1) is 19.3 Å². The molecule has 154 valence electrons. The monoisotopic (exact) mass is 399 g/mol. The average molecular weight is 400 g/mol. The van der Waals surface area contributed by atoms with Gasteiger partial charge < -0.3 is 9.47 Å². The molecule has 2 fully saturated rings. The van der Waals surface area contributed by atoms with Gasteiger partial charge in [-0.2, -0.15) is 0 Å². The maximum atomic E-state index is 6.64. The van der Waals surface area contributed by atoms with E-state index >= 15 is 0 Å². The molecular formula is C27H29NO2. The van der Waals surface area contributed by atoms with Gasteiger partial charge in [0.25, 0.3) is 0 Å². The molecule has 0 unspecified atom stereocenters. The van der Waals surface area contributed by atoms with Crippen LogP contribution in [-0.4, -0.2) is 30.4 Å². The lowest BCUT2D eigenvalue weighted by Crippen LogP contribution is -2.57. The van der Waals surface area contributed by atoms with Crippen molar-refractivity contribution in [2.45, 2.75) is 37.1 Å². The Labute approximate surface area is 179 Å². The average Bonchev–Trinajstić information content (AvgIpc) is 2.82. The second kappa shape index (κ2) is 8.73. The predicted molar refractivity (Wildman–Crippen MR) is 119 cm³/mol. The molecule has 0 bridgehead atoms. The molecule has 0 aromatic heterocycles. The lowest BCUT2D eigenvalue weighted by Gasteiger charge is -2.52. The SMILES string of the molecule is c1ccc(CN2CCO[C@]3(CC[C@H](c4ccccc4)CO3)[C@@H]2c2ccccc2)cc1. The largest absolute Gasteiger partial charge is 0.347 e. The highest BCUT2D eigenvalue weighted by atomic mass is 16.7.